The van der Waals surface area contributed by atoms with Crippen LogP contribution in [0.1, 0.15) is 25.5 Å². The number of nitrogens with zero attached hydrogens (tertiary/aromatic N) is 3. The fraction of sp³-hybridized carbons (Fsp3) is 0.533. The van der Waals surface area contributed by atoms with Gasteiger partial charge in [0.15, 0.2) is 5.96 Å². The molecule has 0 spiro atoms. The summed E-state index contributed by atoms with van der Waals surface area (Å²) < 4.78 is 1.10. The second-order valence-corrected chi connectivity index (χ2v) is 5.90. The summed E-state index contributed by atoms with van der Waals surface area (Å²) in [5.41, 5.74) is 7.33. The molecule has 2 N–H and O–H groups in total. The van der Waals surface area contributed by atoms with Crippen LogP contribution in [0.25, 0.3) is 0 Å². The Morgan fingerprint density at radius 2 is 1.95 bits per heavy atom. The van der Waals surface area contributed by atoms with Crippen LogP contribution >= 0.6 is 15.9 Å². The number of likely N-dealkylation sites (N-methyl/N-ethyl adjacent to an activating group) is 1. The maximum atomic E-state index is 6.05. The lowest BCUT2D eigenvalue weighted by atomic mass is 10.1. The number of halogens is 1. The molecule has 0 bridgehead atoms. The fourth-order valence-corrected chi connectivity index (χ4v) is 2.82. The largest absolute Gasteiger partial charge is 0.370 e. The molecule has 0 saturated heterocycles. The number of hydrogen-bond donors (Lipinski definition) is 1. The number of guanidine groups is 1. The van der Waals surface area contributed by atoms with E-state index in [1.165, 1.54) is 5.56 Å². The Hall–Kier alpha value is -1.07. The van der Waals surface area contributed by atoms with Crippen LogP contribution in [0, 0.1) is 0 Å². The Balaban J connectivity index is 2.04. The van der Waals surface area contributed by atoms with Crippen LogP contribution in [0.15, 0.2) is 33.7 Å². The minimum absolute atomic E-state index is 0.277. The molecule has 1 aromatic carbocycles. The topological polar surface area (TPSA) is 44.9 Å². The van der Waals surface area contributed by atoms with Crippen LogP contribution in [0.5, 0.6) is 0 Å². The van der Waals surface area contributed by atoms with Gasteiger partial charge in [-0.05, 0) is 30.8 Å². The highest BCUT2D eigenvalue weighted by molar-refractivity contribution is 9.10. The van der Waals surface area contributed by atoms with Crippen molar-refractivity contribution in [1.82, 2.24) is 9.80 Å². The molecule has 0 saturated carbocycles. The first-order chi connectivity index (χ1) is 9.65. The predicted octanol–water partition coefficient (Wildman–Crippen LogP) is 2.46. The number of benzene rings is 1. The van der Waals surface area contributed by atoms with Gasteiger partial charge in [0, 0.05) is 17.6 Å². The SMILES string of the molecule is CCN(CC)CCN1C(N)=NCC1c1ccc(Br)cc1. The minimum Gasteiger partial charge on any atom is -0.370 e. The van der Waals surface area contributed by atoms with Gasteiger partial charge in [-0.15, -0.1) is 0 Å². The quantitative estimate of drug-likeness (QED) is 0.866. The van der Waals surface area contributed by atoms with Crippen molar-refractivity contribution in [2.24, 2.45) is 10.7 Å². The van der Waals surface area contributed by atoms with Crippen molar-refractivity contribution in [3.63, 3.8) is 0 Å². The molecule has 0 amide bonds. The number of aliphatic imine (C=N–C) groups is 1. The van der Waals surface area contributed by atoms with E-state index in [2.05, 4.69) is 68.8 Å². The first kappa shape index (κ1) is 15.3. The minimum atomic E-state index is 0.277. The van der Waals surface area contributed by atoms with E-state index < -0.39 is 0 Å². The van der Waals surface area contributed by atoms with Crippen molar-refractivity contribution >= 4 is 21.9 Å². The standard InChI is InChI=1S/C15H23BrN4/c1-3-19(4-2)9-10-20-14(11-18-15(20)17)12-5-7-13(16)8-6-12/h5-8,14H,3-4,9-11H2,1-2H3,(H2,17,18). The normalized spacial score (nSPS) is 18.7. The molecule has 1 aliphatic heterocycles. The molecule has 0 aliphatic carbocycles. The van der Waals surface area contributed by atoms with Gasteiger partial charge in [-0.3, -0.25) is 4.99 Å². The van der Waals surface area contributed by atoms with E-state index in [-0.39, 0.29) is 6.04 Å². The third-order valence-corrected chi connectivity index (χ3v) is 4.43. The van der Waals surface area contributed by atoms with Gasteiger partial charge in [-0.25, -0.2) is 0 Å². The van der Waals surface area contributed by atoms with Crippen LogP contribution in [-0.4, -0.2) is 48.5 Å². The highest BCUT2D eigenvalue weighted by atomic mass is 79.9. The molecule has 1 aliphatic rings. The average molecular weight is 339 g/mol. The first-order valence-electron chi connectivity index (χ1n) is 7.20. The van der Waals surface area contributed by atoms with Gasteiger partial charge in [0.1, 0.15) is 0 Å². The molecule has 4 nitrogen and oxygen atoms in total. The average Bonchev–Trinajstić information content (AvgIpc) is 2.82. The summed E-state index contributed by atoms with van der Waals surface area (Å²) >= 11 is 3.48. The molecular formula is C15H23BrN4. The van der Waals surface area contributed by atoms with Crippen molar-refractivity contribution in [2.45, 2.75) is 19.9 Å². The monoisotopic (exact) mass is 338 g/mol. The van der Waals surface area contributed by atoms with E-state index in [9.17, 15) is 0 Å². The zero-order chi connectivity index (χ0) is 14.5. The van der Waals surface area contributed by atoms with Crippen molar-refractivity contribution in [3.05, 3.63) is 34.3 Å². The second-order valence-electron chi connectivity index (χ2n) is 4.99. The van der Waals surface area contributed by atoms with Crippen molar-refractivity contribution in [3.8, 4) is 0 Å². The van der Waals surface area contributed by atoms with E-state index in [0.717, 1.165) is 37.2 Å². The van der Waals surface area contributed by atoms with Gasteiger partial charge in [-0.1, -0.05) is 41.9 Å². The third-order valence-electron chi connectivity index (χ3n) is 3.90. The Morgan fingerprint density at radius 3 is 2.55 bits per heavy atom. The third kappa shape index (κ3) is 3.52. The number of rotatable bonds is 6. The van der Waals surface area contributed by atoms with Gasteiger partial charge in [0.05, 0.1) is 12.6 Å². The Kier molecular flexibility index (Phi) is 5.43. The summed E-state index contributed by atoms with van der Waals surface area (Å²) in [6.07, 6.45) is 0. The van der Waals surface area contributed by atoms with E-state index in [1.807, 2.05) is 0 Å². The Bertz CT molecular complexity index is 453. The lowest BCUT2D eigenvalue weighted by molar-refractivity contribution is 0.248. The molecule has 110 valence electrons. The van der Waals surface area contributed by atoms with Crippen LogP contribution in [0.2, 0.25) is 0 Å². The number of nitrogens with two attached hydrogens (primary N) is 1. The molecule has 2 rings (SSSR count). The highest BCUT2D eigenvalue weighted by Crippen LogP contribution is 2.26. The summed E-state index contributed by atoms with van der Waals surface area (Å²) in [6.45, 7) is 9.24. The van der Waals surface area contributed by atoms with Crippen LogP contribution in [-0.2, 0) is 0 Å². The van der Waals surface area contributed by atoms with Gasteiger partial charge >= 0.3 is 0 Å². The maximum absolute atomic E-state index is 6.05. The van der Waals surface area contributed by atoms with Gasteiger partial charge < -0.3 is 15.5 Å². The summed E-state index contributed by atoms with van der Waals surface area (Å²) in [4.78, 5) is 9.05. The summed E-state index contributed by atoms with van der Waals surface area (Å²) in [5, 5.41) is 0. The molecule has 1 unspecified atom stereocenters. The van der Waals surface area contributed by atoms with Gasteiger partial charge in [-0.2, -0.15) is 0 Å². The van der Waals surface area contributed by atoms with Crippen molar-refractivity contribution < 1.29 is 0 Å². The van der Waals surface area contributed by atoms with E-state index in [0.29, 0.717) is 5.96 Å². The molecule has 5 heteroatoms. The molecule has 1 aromatic rings. The molecule has 0 aromatic heterocycles. The van der Waals surface area contributed by atoms with E-state index in [1.54, 1.807) is 0 Å². The maximum Gasteiger partial charge on any atom is 0.191 e. The van der Waals surface area contributed by atoms with Crippen LogP contribution < -0.4 is 5.73 Å². The molecular weight excluding hydrogens is 316 g/mol. The zero-order valence-corrected chi connectivity index (χ0v) is 13.8. The Morgan fingerprint density at radius 1 is 1.30 bits per heavy atom. The smallest absolute Gasteiger partial charge is 0.191 e. The van der Waals surface area contributed by atoms with Gasteiger partial charge in [0.2, 0.25) is 0 Å². The predicted molar refractivity (Wildman–Crippen MR) is 87.9 cm³/mol. The summed E-state index contributed by atoms with van der Waals surface area (Å²) in [7, 11) is 0. The lowest BCUT2D eigenvalue weighted by Crippen LogP contribution is -2.41. The van der Waals surface area contributed by atoms with Gasteiger partial charge in [0.25, 0.3) is 0 Å². The van der Waals surface area contributed by atoms with Crippen molar-refractivity contribution in [1.29, 1.82) is 0 Å². The lowest BCUT2D eigenvalue weighted by Gasteiger charge is -2.29. The Labute approximate surface area is 129 Å². The molecule has 1 atom stereocenters. The van der Waals surface area contributed by atoms with Crippen LogP contribution in [0.3, 0.4) is 0 Å². The zero-order valence-electron chi connectivity index (χ0n) is 12.2. The first-order valence-corrected chi connectivity index (χ1v) is 7.99. The fourth-order valence-electron chi connectivity index (χ4n) is 2.56. The van der Waals surface area contributed by atoms with Crippen LogP contribution in [0.4, 0.5) is 0 Å². The molecule has 0 fully saturated rings. The van der Waals surface area contributed by atoms with E-state index >= 15 is 0 Å². The van der Waals surface area contributed by atoms with Crippen molar-refractivity contribution in [2.75, 3.05) is 32.7 Å². The molecule has 1 heterocycles. The van der Waals surface area contributed by atoms with E-state index in [4.69, 9.17) is 5.73 Å². The summed E-state index contributed by atoms with van der Waals surface area (Å²) in [6, 6.07) is 8.72. The molecule has 0 radical (unpaired) electrons. The second kappa shape index (κ2) is 7.09. The summed E-state index contributed by atoms with van der Waals surface area (Å²) in [5.74, 6) is 0.671. The number of hydrogen-bond acceptors (Lipinski definition) is 4. The highest BCUT2D eigenvalue weighted by Gasteiger charge is 2.27. The molecule has 20 heavy (non-hydrogen) atoms.